The molecule has 0 aliphatic carbocycles. The number of phenols is 1. The molecule has 15 heavy (non-hydrogen) atoms. The Morgan fingerprint density at radius 3 is 2.40 bits per heavy atom. The molecule has 0 fully saturated rings. The molecule has 2 rings (SSSR count). The number of pyridine rings is 1. The van der Waals surface area contributed by atoms with Crippen LogP contribution in [0.5, 0.6) is 5.75 Å². The van der Waals surface area contributed by atoms with E-state index >= 15 is 0 Å². The third kappa shape index (κ3) is 4.26. The number of halogens is 1. The fourth-order valence-corrected chi connectivity index (χ4v) is 1.09. The van der Waals surface area contributed by atoms with Crippen molar-refractivity contribution in [1.29, 1.82) is 0 Å². The first kappa shape index (κ1) is 12.6. The Morgan fingerprint density at radius 2 is 1.80 bits per heavy atom. The first-order valence-electron chi connectivity index (χ1n) is 4.59. The minimum absolute atomic E-state index is 0.239. The maximum atomic E-state index is 9.31. The molecule has 0 aliphatic rings. The van der Waals surface area contributed by atoms with Crippen LogP contribution >= 0.6 is 8.92 Å². The molecule has 0 atom stereocenters. The molecule has 0 amide bonds. The van der Waals surface area contributed by atoms with Crippen LogP contribution in [0.2, 0.25) is 9.88 Å². The van der Waals surface area contributed by atoms with Crippen molar-refractivity contribution < 1.29 is 5.11 Å². The summed E-state index contributed by atoms with van der Waals surface area (Å²) >= 11 is -1.07. The van der Waals surface area contributed by atoms with Gasteiger partial charge in [0, 0.05) is 11.6 Å². The standard InChI is InChI=1S/C9H7NO.2CH3.ClH.Sn/c11-8-5-1-3-7-4-2-6-10-9(7)8;;;;/h1-6,11H;2*1H3;1H;/q;;;;+1/p-1. The molecule has 0 saturated heterocycles. The van der Waals surface area contributed by atoms with Crippen LogP contribution in [0.15, 0.2) is 36.5 Å². The van der Waals surface area contributed by atoms with Gasteiger partial charge in [0.1, 0.15) is 11.3 Å². The summed E-state index contributed by atoms with van der Waals surface area (Å²) in [7, 11) is 5.47. The molecule has 0 unspecified atom stereocenters. The number of para-hydroxylation sites is 1. The Balaban J connectivity index is 0.000000245. The van der Waals surface area contributed by atoms with Gasteiger partial charge in [-0.2, -0.15) is 0 Å². The van der Waals surface area contributed by atoms with E-state index in [0.717, 1.165) is 5.39 Å². The van der Waals surface area contributed by atoms with Crippen molar-refractivity contribution in [3.05, 3.63) is 36.5 Å². The van der Waals surface area contributed by atoms with Crippen molar-refractivity contribution in [2.24, 2.45) is 0 Å². The summed E-state index contributed by atoms with van der Waals surface area (Å²) in [6, 6.07) is 9.13. The van der Waals surface area contributed by atoms with Crippen LogP contribution in [0.3, 0.4) is 0 Å². The third-order valence-corrected chi connectivity index (χ3v) is 1.61. The van der Waals surface area contributed by atoms with Gasteiger partial charge < -0.3 is 5.11 Å². The second kappa shape index (κ2) is 6.18. The van der Waals surface area contributed by atoms with E-state index in [1.807, 2.05) is 18.2 Å². The van der Waals surface area contributed by atoms with Crippen molar-refractivity contribution in [3.8, 4) is 5.75 Å². The van der Waals surface area contributed by atoms with E-state index in [-0.39, 0.29) is 5.75 Å². The molecule has 4 heteroatoms. The van der Waals surface area contributed by atoms with Crippen LogP contribution in [0.1, 0.15) is 0 Å². The Hall–Kier alpha value is -0.481. The van der Waals surface area contributed by atoms with Crippen LogP contribution in [-0.2, 0) is 0 Å². The van der Waals surface area contributed by atoms with Crippen LogP contribution in [0.25, 0.3) is 10.9 Å². The number of benzene rings is 1. The fourth-order valence-electron chi connectivity index (χ4n) is 1.09. The number of rotatable bonds is 0. The molecular formula is C11H13ClNOSn. The van der Waals surface area contributed by atoms with Gasteiger partial charge in [-0.25, -0.2) is 0 Å². The Labute approximate surface area is 100 Å². The van der Waals surface area contributed by atoms with Crippen molar-refractivity contribution in [3.63, 3.8) is 0 Å². The zero-order chi connectivity index (χ0) is 11.3. The molecule has 2 aromatic rings. The van der Waals surface area contributed by atoms with Gasteiger partial charge in [0.05, 0.1) is 0 Å². The van der Waals surface area contributed by atoms with Crippen molar-refractivity contribution in [1.82, 2.24) is 4.98 Å². The molecule has 0 aliphatic heterocycles. The van der Waals surface area contributed by atoms with Gasteiger partial charge in [0.2, 0.25) is 0 Å². The first-order chi connectivity index (χ1) is 7.11. The van der Waals surface area contributed by atoms with Gasteiger partial charge in [0.15, 0.2) is 0 Å². The Morgan fingerprint density at radius 1 is 1.20 bits per heavy atom. The molecule has 79 valence electrons. The summed E-state index contributed by atoms with van der Waals surface area (Å²) in [4.78, 5) is 8.29. The van der Waals surface area contributed by atoms with E-state index in [9.17, 15) is 5.11 Å². The van der Waals surface area contributed by atoms with E-state index < -0.39 is 18.6 Å². The number of nitrogens with zero attached hydrogens (tertiary/aromatic N) is 1. The quantitative estimate of drug-likeness (QED) is 0.751. The predicted octanol–water partition coefficient (Wildman–Crippen LogP) is 3.42. The number of aromatic nitrogens is 1. The predicted molar refractivity (Wildman–Crippen MR) is 66.7 cm³/mol. The van der Waals surface area contributed by atoms with Gasteiger partial charge in [0.25, 0.3) is 0 Å². The van der Waals surface area contributed by atoms with E-state index in [4.69, 9.17) is 8.92 Å². The molecule has 0 saturated carbocycles. The molecule has 1 heterocycles. The summed E-state index contributed by atoms with van der Waals surface area (Å²) in [5.41, 5.74) is 0.662. The molecule has 2 nitrogen and oxygen atoms in total. The van der Waals surface area contributed by atoms with Crippen LogP contribution in [-0.4, -0.2) is 28.7 Å². The SMILES string of the molecule is Oc1cccc2cccnc12.[CH3][Sn]([CH3])[Cl]. The van der Waals surface area contributed by atoms with Gasteiger partial charge in [-0.3, -0.25) is 4.98 Å². The number of hydrogen-bond acceptors (Lipinski definition) is 2. The molecule has 0 bridgehead atoms. The first-order valence-corrected chi connectivity index (χ1v) is 13.9. The summed E-state index contributed by atoms with van der Waals surface area (Å²) in [5.74, 6) is 0.239. The second-order valence-corrected chi connectivity index (χ2v) is 13.3. The van der Waals surface area contributed by atoms with Gasteiger partial charge >= 0.3 is 37.4 Å². The molecule has 1 radical (unpaired) electrons. The van der Waals surface area contributed by atoms with Crippen molar-refractivity contribution in [2.45, 2.75) is 9.88 Å². The molecule has 1 aromatic heterocycles. The summed E-state index contributed by atoms with van der Waals surface area (Å²) in [6.07, 6.45) is 1.67. The molecule has 0 spiro atoms. The van der Waals surface area contributed by atoms with Gasteiger partial charge in [-0.15, -0.1) is 0 Å². The van der Waals surface area contributed by atoms with E-state index in [1.165, 1.54) is 0 Å². The van der Waals surface area contributed by atoms with E-state index in [0.29, 0.717) is 5.52 Å². The van der Waals surface area contributed by atoms with E-state index in [1.54, 1.807) is 18.3 Å². The average Bonchev–Trinajstić information content (AvgIpc) is 2.18. The van der Waals surface area contributed by atoms with Crippen molar-refractivity contribution >= 4 is 38.5 Å². The molecule has 1 N–H and O–H groups in total. The minimum atomic E-state index is -1.07. The van der Waals surface area contributed by atoms with Gasteiger partial charge in [-0.05, 0) is 12.1 Å². The number of fused-ring (bicyclic) bond motifs is 1. The molecular weight excluding hydrogens is 316 g/mol. The topological polar surface area (TPSA) is 33.1 Å². The second-order valence-electron chi connectivity index (χ2n) is 3.23. The Kier molecular flexibility index (Phi) is 5.18. The normalized spacial score (nSPS) is 9.87. The Bertz CT molecular complexity index is 426. The van der Waals surface area contributed by atoms with Crippen molar-refractivity contribution in [2.75, 3.05) is 0 Å². The third-order valence-electron chi connectivity index (χ3n) is 1.61. The van der Waals surface area contributed by atoms with Crippen LogP contribution < -0.4 is 0 Å². The summed E-state index contributed by atoms with van der Waals surface area (Å²) < 4.78 is 0. The van der Waals surface area contributed by atoms with E-state index in [2.05, 4.69) is 14.9 Å². The zero-order valence-electron chi connectivity index (χ0n) is 8.74. The zero-order valence-corrected chi connectivity index (χ0v) is 12.3. The van der Waals surface area contributed by atoms with Crippen LogP contribution in [0.4, 0.5) is 0 Å². The van der Waals surface area contributed by atoms with Gasteiger partial charge in [-0.1, -0.05) is 18.2 Å². The molecule has 1 aromatic carbocycles. The van der Waals surface area contributed by atoms with Crippen LogP contribution in [0, 0.1) is 0 Å². The number of phenolic OH excluding ortho intramolecular Hbond substituents is 1. The average molecular weight is 329 g/mol. The number of hydrogen-bond donors (Lipinski definition) is 1. The fraction of sp³-hybridized carbons (Fsp3) is 0.182. The summed E-state index contributed by atoms with van der Waals surface area (Å²) in [5, 5.41) is 10.3. The number of aromatic hydroxyl groups is 1. The summed E-state index contributed by atoms with van der Waals surface area (Å²) in [6.45, 7) is 0. The monoisotopic (exact) mass is 330 g/mol. The maximum absolute atomic E-state index is 9.31.